The number of hydrogen-bond donors (Lipinski definition) is 2. The first-order valence-electron chi connectivity index (χ1n) is 10.6. The zero-order valence-corrected chi connectivity index (χ0v) is 22.5. The number of non-ortho nitro benzene ring substituents is 1. The Hall–Kier alpha value is -3.83. The summed E-state index contributed by atoms with van der Waals surface area (Å²) in [5, 5.41) is 19.2. The average Bonchev–Trinajstić information content (AvgIpc) is 3.27. The molecule has 2 N–H and O–H groups in total. The van der Waals surface area contributed by atoms with Gasteiger partial charge in [0.1, 0.15) is 40.3 Å². The summed E-state index contributed by atoms with van der Waals surface area (Å²) in [6, 6.07) is 4.58. The van der Waals surface area contributed by atoms with Crippen LogP contribution in [-0.2, 0) is 35.4 Å². The van der Waals surface area contributed by atoms with Gasteiger partial charge in [0.2, 0.25) is 6.41 Å². The van der Waals surface area contributed by atoms with Crippen molar-refractivity contribution in [2.24, 2.45) is 5.16 Å². The third kappa shape index (κ3) is 5.53. The van der Waals surface area contributed by atoms with Crippen LogP contribution in [0.3, 0.4) is 0 Å². The maximum absolute atomic E-state index is 13.0. The van der Waals surface area contributed by atoms with Gasteiger partial charge in [0, 0.05) is 17.9 Å². The second-order valence-corrected chi connectivity index (χ2v) is 11.0. The molecule has 2 aliphatic rings. The topological polar surface area (TPSA) is 182 Å². The van der Waals surface area contributed by atoms with Crippen LogP contribution in [-0.4, -0.2) is 69.0 Å². The summed E-state index contributed by atoms with van der Waals surface area (Å²) in [6.45, 7) is -0.144. The number of nitrogens with one attached hydrogen (secondary N) is 2. The fourth-order valence-electron chi connectivity index (χ4n) is 3.52. The number of nitro benzene ring substituents is 1. The van der Waals surface area contributed by atoms with Gasteiger partial charge in [-0.3, -0.25) is 29.4 Å². The Morgan fingerprint density at radius 2 is 2.11 bits per heavy atom. The zero-order valence-electron chi connectivity index (χ0n) is 19.3. The Labute approximate surface area is 230 Å². The van der Waals surface area contributed by atoms with E-state index in [4.69, 9.17) is 9.57 Å². The molecule has 1 aromatic heterocycles. The van der Waals surface area contributed by atoms with Crippen LogP contribution < -0.4 is 10.6 Å². The van der Waals surface area contributed by atoms with Crippen molar-refractivity contribution < 1.29 is 33.7 Å². The highest BCUT2D eigenvalue weighted by molar-refractivity contribution is 9.11. The van der Waals surface area contributed by atoms with Gasteiger partial charge in [-0.25, -0.2) is 9.78 Å². The summed E-state index contributed by atoms with van der Waals surface area (Å²) in [5.74, 6) is -1.62. The van der Waals surface area contributed by atoms with Crippen molar-refractivity contribution in [1.29, 1.82) is 0 Å². The first-order valence-corrected chi connectivity index (χ1v) is 13.2. The molecule has 3 heterocycles. The summed E-state index contributed by atoms with van der Waals surface area (Å²) < 4.78 is 5.71. The summed E-state index contributed by atoms with van der Waals surface area (Å²) in [4.78, 5) is 69.8. The van der Waals surface area contributed by atoms with Crippen LogP contribution in [0.2, 0.25) is 0 Å². The van der Waals surface area contributed by atoms with Crippen LogP contribution in [0.4, 0.5) is 10.8 Å². The fraction of sp³-hybridized carbons (Fsp3) is 0.238. The zero-order chi connectivity index (χ0) is 27.4. The number of ether oxygens (including phenoxy) is 1. The molecule has 0 saturated carbocycles. The van der Waals surface area contributed by atoms with E-state index in [1.807, 2.05) is 0 Å². The number of carbonyl (C=O) groups excluding carboxylic acids is 4. The van der Waals surface area contributed by atoms with Crippen LogP contribution in [0.1, 0.15) is 11.3 Å². The molecule has 2 aliphatic heterocycles. The number of esters is 1. The number of thioether (sulfide) groups is 1. The molecule has 38 heavy (non-hydrogen) atoms. The Balaban J connectivity index is 1.40. The Bertz CT molecular complexity index is 1360. The van der Waals surface area contributed by atoms with E-state index in [-0.39, 0.29) is 34.5 Å². The first kappa shape index (κ1) is 27.2. The summed E-state index contributed by atoms with van der Waals surface area (Å²) in [5.41, 5.74) is 0.377. The maximum atomic E-state index is 13.0. The van der Waals surface area contributed by atoms with E-state index in [0.29, 0.717) is 21.5 Å². The summed E-state index contributed by atoms with van der Waals surface area (Å²) in [7, 11) is 1.24. The van der Waals surface area contributed by atoms with Crippen molar-refractivity contribution in [3.63, 3.8) is 0 Å². The van der Waals surface area contributed by atoms with E-state index < -0.39 is 34.1 Å². The third-order valence-corrected chi connectivity index (χ3v) is 8.07. The number of fused-ring (bicyclic) bond motifs is 1. The Morgan fingerprint density at radius 3 is 2.76 bits per heavy atom. The van der Waals surface area contributed by atoms with Gasteiger partial charge < -0.3 is 20.2 Å². The SMILES string of the molecule is CON=C(C(=O)NC1C(=O)N2C(C(=O)OCc3ccc([N+](=O)[O-])cc3)=CCS[C@H]12)c1nc(NC=O)sc1Br. The molecule has 0 bridgehead atoms. The van der Waals surface area contributed by atoms with Crippen LogP contribution in [0.15, 0.2) is 45.0 Å². The van der Waals surface area contributed by atoms with Crippen LogP contribution in [0, 0.1) is 10.1 Å². The number of hydrogen-bond acceptors (Lipinski definition) is 12. The number of nitrogens with zero attached hydrogens (tertiary/aromatic N) is 4. The number of oxime groups is 1. The fourth-order valence-corrected chi connectivity index (χ4v) is 6.10. The number of halogens is 1. The number of nitro groups is 1. The Kier molecular flexibility index (Phi) is 8.38. The molecule has 1 unspecified atom stereocenters. The summed E-state index contributed by atoms with van der Waals surface area (Å²) in [6.07, 6.45) is 1.99. The largest absolute Gasteiger partial charge is 0.456 e. The van der Waals surface area contributed by atoms with Crippen LogP contribution in [0.5, 0.6) is 0 Å². The highest BCUT2D eigenvalue weighted by atomic mass is 79.9. The molecule has 14 nitrogen and oxygen atoms in total. The van der Waals surface area contributed by atoms with Crippen molar-refractivity contribution in [1.82, 2.24) is 15.2 Å². The van der Waals surface area contributed by atoms with E-state index in [9.17, 15) is 29.3 Å². The molecule has 0 aliphatic carbocycles. The lowest BCUT2D eigenvalue weighted by Gasteiger charge is -2.48. The van der Waals surface area contributed by atoms with Crippen molar-refractivity contribution >= 4 is 79.8 Å². The molecule has 4 rings (SSSR count). The molecule has 1 fully saturated rings. The lowest BCUT2D eigenvalue weighted by molar-refractivity contribution is -0.384. The van der Waals surface area contributed by atoms with E-state index in [0.717, 1.165) is 11.3 Å². The van der Waals surface area contributed by atoms with Gasteiger partial charge in [0.15, 0.2) is 10.8 Å². The predicted octanol–water partition coefficient (Wildman–Crippen LogP) is 1.76. The maximum Gasteiger partial charge on any atom is 0.355 e. The van der Waals surface area contributed by atoms with E-state index in [2.05, 4.69) is 36.7 Å². The number of aromatic nitrogens is 1. The van der Waals surface area contributed by atoms with Crippen molar-refractivity contribution in [3.05, 3.63) is 61.2 Å². The average molecular weight is 625 g/mol. The molecule has 198 valence electrons. The smallest absolute Gasteiger partial charge is 0.355 e. The van der Waals surface area contributed by atoms with Crippen molar-refractivity contribution in [2.45, 2.75) is 18.0 Å². The van der Waals surface area contributed by atoms with Crippen LogP contribution >= 0.6 is 39.0 Å². The molecule has 0 spiro atoms. The van der Waals surface area contributed by atoms with Crippen LogP contribution in [0.25, 0.3) is 0 Å². The molecule has 1 saturated heterocycles. The number of benzene rings is 1. The van der Waals surface area contributed by atoms with Gasteiger partial charge >= 0.3 is 5.97 Å². The second kappa shape index (κ2) is 11.7. The van der Waals surface area contributed by atoms with E-state index in [1.54, 1.807) is 6.08 Å². The molecular weight excluding hydrogens is 608 g/mol. The quantitative estimate of drug-likeness (QED) is 0.0986. The van der Waals surface area contributed by atoms with Gasteiger partial charge in [-0.15, -0.1) is 11.8 Å². The minimum Gasteiger partial charge on any atom is -0.456 e. The van der Waals surface area contributed by atoms with Gasteiger partial charge in [-0.05, 0) is 39.7 Å². The monoisotopic (exact) mass is 624 g/mol. The highest BCUT2D eigenvalue weighted by Crippen LogP contribution is 2.38. The molecular formula is C21H17BrN6O8S2. The number of thiazole rings is 1. The van der Waals surface area contributed by atoms with Gasteiger partial charge in [0.05, 0.1) is 4.92 Å². The lowest BCUT2D eigenvalue weighted by Crippen LogP contribution is -2.70. The minimum atomic E-state index is -0.953. The van der Waals surface area contributed by atoms with Gasteiger partial charge in [-0.1, -0.05) is 16.5 Å². The number of anilines is 1. The molecule has 0 radical (unpaired) electrons. The molecule has 17 heteroatoms. The normalized spacial score (nSPS) is 18.5. The van der Waals surface area contributed by atoms with E-state index in [1.165, 1.54) is 48.0 Å². The standard InChI is InChI=1S/C21H17BrN6O8S2/c1-35-26-14(13-16(22)38-21(25-13)23-9-29)17(30)24-15-18(31)27-12(6-7-37-19(15)27)20(32)36-8-10-2-4-11(5-3-10)28(33)34/h2-6,9,15,19H,7-8H2,1H3,(H,24,30)(H,23,25,29)/t15?,19-/m1/s1. The molecule has 2 atom stereocenters. The highest BCUT2D eigenvalue weighted by Gasteiger charge is 2.53. The molecule has 3 amide bonds. The second-order valence-electron chi connectivity index (χ2n) is 7.50. The van der Waals surface area contributed by atoms with E-state index >= 15 is 0 Å². The van der Waals surface area contributed by atoms with Gasteiger partial charge in [0.25, 0.3) is 17.5 Å². The minimum absolute atomic E-state index is 0.0452. The van der Waals surface area contributed by atoms with Gasteiger partial charge in [-0.2, -0.15) is 0 Å². The number of amides is 3. The molecule has 2 aromatic rings. The lowest BCUT2D eigenvalue weighted by atomic mass is 10.0. The first-order chi connectivity index (χ1) is 18.2. The number of β-lactam (4-membered cyclic amide) rings is 1. The van der Waals surface area contributed by atoms with Crippen molar-refractivity contribution in [3.8, 4) is 0 Å². The summed E-state index contributed by atoms with van der Waals surface area (Å²) >= 11 is 5.67. The number of rotatable bonds is 10. The van der Waals surface area contributed by atoms with Crippen molar-refractivity contribution in [2.75, 3.05) is 18.2 Å². The number of carbonyl (C=O) groups is 4. The predicted molar refractivity (Wildman–Crippen MR) is 139 cm³/mol. The Morgan fingerprint density at radius 1 is 1.37 bits per heavy atom. The third-order valence-electron chi connectivity index (χ3n) is 5.25. The molecule has 1 aromatic carbocycles.